The SMILES string of the molecule is CCOc1ccc2ccccc2c1/C=N\NC(=O)COc1ccc(C)cc1[N+](=O)[O-]. The molecular formula is C22H21N3O5. The van der Waals surface area contributed by atoms with Crippen LogP contribution in [0.4, 0.5) is 5.69 Å². The molecule has 30 heavy (non-hydrogen) atoms. The lowest BCUT2D eigenvalue weighted by molar-refractivity contribution is -0.385. The Hall–Kier alpha value is -3.94. The van der Waals surface area contributed by atoms with Gasteiger partial charge in [-0.1, -0.05) is 36.4 Å². The van der Waals surface area contributed by atoms with Gasteiger partial charge in [-0.25, -0.2) is 5.43 Å². The smallest absolute Gasteiger partial charge is 0.311 e. The Balaban J connectivity index is 1.70. The number of carbonyl (C=O) groups is 1. The van der Waals surface area contributed by atoms with Crippen molar-refractivity contribution in [1.29, 1.82) is 0 Å². The van der Waals surface area contributed by atoms with Gasteiger partial charge in [-0.3, -0.25) is 14.9 Å². The van der Waals surface area contributed by atoms with Crippen LogP contribution >= 0.6 is 0 Å². The average Bonchev–Trinajstić information content (AvgIpc) is 2.74. The van der Waals surface area contributed by atoms with E-state index in [-0.39, 0.29) is 11.4 Å². The minimum Gasteiger partial charge on any atom is -0.493 e. The van der Waals surface area contributed by atoms with Crippen molar-refractivity contribution in [3.8, 4) is 11.5 Å². The number of hydrazone groups is 1. The summed E-state index contributed by atoms with van der Waals surface area (Å²) in [6.45, 7) is 3.71. The van der Waals surface area contributed by atoms with Crippen LogP contribution in [0.3, 0.4) is 0 Å². The Morgan fingerprint density at radius 1 is 1.13 bits per heavy atom. The van der Waals surface area contributed by atoms with Gasteiger partial charge < -0.3 is 9.47 Å². The summed E-state index contributed by atoms with van der Waals surface area (Å²) in [6.07, 6.45) is 1.51. The van der Waals surface area contributed by atoms with Gasteiger partial charge in [0.15, 0.2) is 12.4 Å². The molecule has 154 valence electrons. The number of ether oxygens (including phenoxy) is 2. The van der Waals surface area contributed by atoms with Crippen molar-refractivity contribution in [2.75, 3.05) is 13.2 Å². The van der Waals surface area contributed by atoms with E-state index in [4.69, 9.17) is 9.47 Å². The number of fused-ring (bicyclic) bond motifs is 1. The van der Waals surface area contributed by atoms with Gasteiger partial charge >= 0.3 is 5.69 Å². The molecular weight excluding hydrogens is 386 g/mol. The van der Waals surface area contributed by atoms with E-state index >= 15 is 0 Å². The molecule has 0 bridgehead atoms. The van der Waals surface area contributed by atoms with Gasteiger partial charge in [0.1, 0.15) is 5.75 Å². The van der Waals surface area contributed by atoms with Crippen molar-refractivity contribution in [2.24, 2.45) is 5.10 Å². The van der Waals surface area contributed by atoms with Crippen LogP contribution < -0.4 is 14.9 Å². The average molecular weight is 407 g/mol. The third kappa shape index (κ3) is 4.91. The van der Waals surface area contributed by atoms with Crippen molar-refractivity contribution >= 4 is 28.6 Å². The summed E-state index contributed by atoms with van der Waals surface area (Å²) in [7, 11) is 0. The van der Waals surface area contributed by atoms with Crippen molar-refractivity contribution in [2.45, 2.75) is 13.8 Å². The first kappa shape index (κ1) is 20.8. The molecule has 1 N–H and O–H groups in total. The number of carbonyl (C=O) groups excluding carboxylic acids is 1. The molecule has 0 fully saturated rings. The molecule has 0 atom stereocenters. The Bertz CT molecular complexity index is 1110. The molecule has 0 unspecified atom stereocenters. The van der Waals surface area contributed by atoms with Gasteiger partial charge in [0.05, 0.1) is 17.7 Å². The van der Waals surface area contributed by atoms with Crippen LogP contribution in [0.25, 0.3) is 10.8 Å². The zero-order valence-electron chi connectivity index (χ0n) is 16.6. The summed E-state index contributed by atoms with van der Waals surface area (Å²) in [5.41, 5.74) is 3.65. The van der Waals surface area contributed by atoms with Gasteiger partial charge in [-0.2, -0.15) is 5.10 Å². The fourth-order valence-corrected chi connectivity index (χ4v) is 2.93. The van der Waals surface area contributed by atoms with Crippen molar-refractivity contribution in [3.05, 3.63) is 75.8 Å². The van der Waals surface area contributed by atoms with E-state index in [1.807, 2.05) is 43.3 Å². The zero-order valence-corrected chi connectivity index (χ0v) is 16.6. The lowest BCUT2D eigenvalue weighted by Crippen LogP contribution is -2.24. The van der Waals surface area contributed by atoms with Gasteiger partial charge in [-0.05, 0) is 42.3 Å². The molecule has 0 aliphatic rings. The molecule has 0 saturated heterocycles. The maximum atomic E-state index is 12.1. The maximum absolute atomic E-state index is 12.1. The zero-order chi connectivity index (χ0) is 21.5. The molecule has 3 rings (SSSR count). The van der Waals surface area contributed by atoms with Crippen LogP contribution in [0.1, 0.15) is 18.1 Å². The second kappa shape index (κ2) is 9.51. The van der Waals surface area contributed by atoms with E-state index in [2.05, 4.69) is 10.5 Å². The minimum atomic E-state index is -0.547. The van der Waals surface area contributed by atoms with Crippen LogP contribution in [-0.2, 0) is 4.79 Å². The molecule has 1 amide bonds. The third-order valence-corrected chi connectivity index (χ3v) is 4.28. The predicted molar refractivity (Wildman–Crippen MR) is 114 cm³/mol. The summed E-state index contributed by atoms with van der Waals surface area (Å²) < 4.78 is 11.0. The van der Waals surface area contributed by atoms with Crippen molar-refractivity contribution in [1.82, 2.24) is 5.43 Å². The minimum absolute atomic E-state index is 0.0254. The molecule has 0 heterocycles. The van der Waals surface area contributed by atoms with E-state index in [0.717, 1.165) is 21.9 Å². The Morgan fingerprint density at radius 2 is 1.90 bits per heavy atom. The van der Waals surface area contributed by atoms with Crippen LogP contribution in [0.2, 0.25) is 0 Å². The maximum Gasteiger partial charge on any atom is 0.311 e. The summed E-state index contributed by atoms with van der Waals surface area (Å²) in [4.78, 5) is 22.7. The monoisotopic (exact) mass is 407 g/mol. The standard InChI is InChI=1S/C22H21N3O5/c1-3-29-20-11-9-16-6-4-5-7-17(16)18(20)13-23-24-22(26)14-30-21-10-8-15(2)12-19(21)25(27)28/h4-13H,3,14H2,1-2H3,(H,24,26)/b23-13-. The van der Waals surface area contributed by atoms with E-state index in [1.54, 1.807) is 13.0 Å². The number of nitro groups is 1. The van der Waals surface area contributed by atoms with E-state index in [1.165, 1.54) is 18.3 Å². The molecule has 0 spiro atoms. The van der Waals surface area contributed by atoms with Gasteiger partial charge in [0.25, 0.3) is 5.91 Å². The lowest BCUT2D eigenvalue weighted by atomic mass is 10.0. The third-order valence-electron chi connectivity index (χ3n) is 4.28. The molecule has 3 aromatic rings. The number of nitrogens with zero attached hydrogens (tertiary/aromatic N) is 2. The molecule has 0 radical (unpaired) electrons. The van der Waals surface area contributed by atoms with Crippen molar-refractivity contribution in [3.63, 3.8) is 0 Å². The van der Waals surface area contributed by atoms with Gasteiger partial charge in [0, 0.05) is 11.6 Å². The first-order valence-corrected chi connectivity index (χ1v) is 9.34. The highest BCUT2D eigenvalue weighted by atomic mass is 16.6. The fraction of sp³-hybridized carbons (Fsp3) is 0.182. The van der Waals surface area contributed by atoms with Crippen molar-refractivity contribution < 1.29 is 19.2 Å². The largest absolute Gasteiger partial charge is 0.493 e. The Morgan fingerprint density at radius 3 is 2.67 bits per heavy atom. The summed E-state index contributed by atoms with van der Waals surface area (Å²) >= 11 is 0. The number of rotatable bonds is 8. The second-order valence-electron chi connectivity index (χ2n) is 6.44. The van der Waals surface area contributed by atoms with Gasteiger partial charge in [-0.15, -0.1) is 0 Å². The lowest BCUT2D eigenvalue weighted by Gasteiger charge is -2.10. The van der Waals surface area contributed by atoms with Crippen LogP contribution in [0.5, 0.6) is 11.5 Å². The number of hydrogen-bond acceptors (Lipinski definition) is 6. The summed E-state index contributed by atoms with van der Waals surface area (Å²) in [5.74, 6) is 0.137. The second-order valence-corrected chi connectivity index (χ2v) is 6.44. The molecule has 8 nitrogen and oxygen atoms in total. The number of nitrogens with one attached hydrogen (secondary N) is 1. The highest BCUT2D eigenvalue weighted by molar-refractivity contribution is 6.02. The van der Waals surface area contributed by atoms with E-state index < -0.39 is 17.4 Å². The van der Waals surface area contributed by atoms with E-state index in [0.29, 0.717) is 12.4 Å². The first-order chi connectivity index (χ1) is 14.5. The Labute approximate surface area is 173 Å². The number of hydrogen-bond donors (Lipinski definition) is 1. The van der Waals surface area contributed by atoms with Crippen LogP contribution in [0.15, 0.2) is 59.7 Å². The predicted octanol–water partition coefficient (Wildman–Crippen LogP) is 3.98. The van der Waals surface area contributed by atoms with Crippen LogP contribution in [0, 0.1) is 17.0 Å². The molecule has 8 heteroatoms. The Kier molecular flexibility index (Phi) is 6.59. The molecule has 0 aliphatic heterocycles. The molecule has 0 aromatic heterocycles. The summed E-state index contributed by atoms with van der Waals surface area (Å²) in [6, 6.07) is 16.1. The first-order valence-electron chi connectivity index (χ1n) is 9.34. The highest BCUT2D eigenvalue weighted by Gasteiger charge is 2.16. The molecule has 0 aliphatic carbocycles. The number of benzene rings is 3. The normalized spacial score (nSPS) is 10.9. The topological polar surface area (TPSA) is 103 Å². The highest BCUT2D eigenvalue weighted by Crippen LogP contribution is 2.28. The number of aryl methyl sites for hydroxylation is 1. The van der Waals surface area contributed by atoms with E-state index in [9.17, 15) is 14.9 Å². The van der Waals surface area contributed by atoms with Crippen LogP contribution in [-0.4, -0.2) is 30.3 Å². The number of nitro benzene ring substituents is 1. The quantitative estimate of drug-likeness (QED) is 0.346. The summed E-state index contributed by atoms with van der Waals surface area (Å²) in [5, 5.41) is 17.1. The molecule has 3 aromatic carbocycles. The molecule has 0 saturated carbocycles. The number of amides is 1. The van der Waals surface area contributed by atoms with Gasteiger partial charge in [0.2, 0.25) is 0 Å². The fourth-order valence-electron chi connectivity index (χ4n) is 2.93.